The van der Waals surface area contributed by atoms with Crippen molar-refractivity contribution in [3.05, 3.63) is 23.5 Å². The van der Waals surface area contributed by atoms with E-state index in [0.29, 0.717) is 0 Å². The van der Waals surface area contributed by atoms with Crippen LogP contribution in [0.25, 0.3) is 10.6 Å². The highest BCUT2D eigenvalue weighted by Gasteiger charge is 2.19. The molecule has 1 N–H and O–H groups in total. The average molecular weight is 321 g/mol. The van der Waals surface area contributed by atoms with Crippen molar-refractivity contribution in [1.82, 2.24) is 24.6 Å². The van der Waals surface area contributed by atoms with Crippen LogP contribution in [0.15, 0.2) is 17.8 Å². The van der Waals surface area contributed by atoms with Crippen molar-refractivity contribution in [3.63, 3.8) is 0 Å². The van der Waals surface area contributed by atoms with Crippen LogP contribution in [0.1, 0.15) is 12.6 Å². The zero-order valence-corrected chi connectivity index (χ0v) is 14.0. The number of aliphatic hydroxyl groups excluding tert-OH is 1. The molecule has 0 saturated carbocycles. The third-order valence-electron chi connectivity index (χ3n) is 3.88. The molecule has 3 rings (SSSR count). The number of β-amino-alcohol motifs (C(OH)–C–C–N with tert-alkyl or cyclic N) is 1. The van der Waals surface area contributed by atoms with Gasteiger partial charge < -0.3 is 5.11 Å². The lowest BCUT2D eigenvalue weighted by Gasteiger charge is -2.34. The lowest BCUT2D eigenvalue weighted by molar-refractivity contribution is 0.0777. The van der Waals surface area contributed by atoms with E-state index in [1.54, 1.807) is 16.0 Å². The highest BCUT2D eigenvalue weighted by Crippen LogP contribution is 2.23. The zero-order valence-electron chi connectivity index (χ0n) is 13.1. The van der Waals surface area contributed by atoms with E-state index >= 15 is 0 Å². The SMILES string of the molecule is C[C@H](O)CN1CCN(Cc2csc(-c3cnn(C)c3)n2)CC1. The second-order valence-corrected chi connectivity index (χ2v) is 6.83. The van der Waals surface area contributed by atoms with Crippen molar-refractivity contribution in [3.8, 4) is 10.6 Å². The minimum atomic E-state index is -0.243. The van der Waals surface area contributed by atoms with Gasteiger partial charge in [-0.15, -0.1) is 11.3 Å². The van der Waals surface area contributed by atoms with E-state index in [4.69, 9.17) is 4.98 Å². The number of aliphatic hydroxyl groups is 1. The summed E-state index contributed by atoms with van der Waals surface area (Å²) in [6.07, 6.45) is 3.61. The lowest BCUT2D eigenvalue weighted by Crippen LogP contribution is -2.47. The Balaban J connectivity index is 1.53. The summed E-state index contributed by atoms with van der Waals surface area (Å²) in [4.78, 5) is 9.48. The first-order chi connectivity index (χ1) is 10.6. The van der Waals surface area contributed by atoms with Crippen LogP contribution in [0, 0.1) is 0 Å². The summed E-state index contributed by atoms with van der Waals surface area (Å²) in [7, 11) is 1.92. The molecule has 1 saturated heterocycles. The van der Waals surface area contributed by atoms with Crippen molar-refractivity contribution in [1.29, 1.82) is 0 Å². The number of aromatic nitrogens is 3. The van der Waals surface area contributed by atoms with Crippen LogP contribution in [0.3, 0.4) is 0 Å². The van der Waals surface area contributed by atoms with Crippen molar-refractivity contribution < 1.29 is 5.11 Å². The molecule has 7 heteroatoms. The van der Waals surface area contributed by atoms with E-state index in [1.165, 1.54) is 0 Å². The number of nitrogens with zero attached hydrogens (tertiary/aromatic N) is 5. The van der Waals surface area contributed by atoms with Crippen LogP contribution in [0.4, 0.5) is 0 Å². The Labute approximate surface area is 135 Å². The fraction of sp³-hybridized carbons (Fsp3) is 0.600. The van der Waals surface area contributed by atoms with Gasteiger partial charge in [0.25, 0.3) is 0 Å². The molecule has 0 spiro atoms. The van der Waals surface area contributed by atoms with E-state index in [0.717, 1.165) is 55.5 Å². The van der Waals surface area contributed by atoms with E-state index < -0.39 is 0 Å². The van der Waals surface area contributed by atoms with Gasteiger partial charge in [-0.3, -0.25) is 14.5 Å². The Hall–Kier alpha value is -1.28. The molecular weight excluding hydrogens is 298 g/mol. The fourth-order valence-electron chi connectivity index (χ4n) is 2.78. The Morgan fingerprint density at radius 1 is 1.27 bits per heavy atom. The summed E-state index contributed by atoms with van der Waals surface area (Å²) in [5.41, 5.74) is 2.22. The summed E-state index contributed by atoms with van der Waals surface area (Å²) in [5, 5.41) is 16.8. The van der Waals surface area contributed by atoms with Crippen molar-refractivity contribution in [2.24, 2.45) is 7.05 Å². The number of hydrogen-bond donors (Lipinski definition) is 1. The first kappa shape index (κ1) is 15.6. The maximum Gasteiger partial charge on any atom is 0.126 e. The van der Waals surface area contributed by atoms with E-state index in [-0.39, 0.29) is 6.10 Å². The van der Waals surface area contributed by atoms with Gasteiger partial charge in [-0.25, -0.2) is 4.98 Å². The third kappa shape index (κ3) is 3.92. The van der Waals surface area contributed by atoms with Crippen molar-refractivity contribution >= 4 is 11.3 Å². The molecule has 1 aliphatic rings. The van der Waals surface area contributed by atoms with Crippen LogP contribution >= 0.6 is 11.3 Å². The van der Waals surface area contributed by atoms with Crippen LogP contribution in [0.5, 0.6) is 0 Å². The molecule has 22 heavy (non-hydrogen) atoms. The Bertz CT molecular complexity index is 601. The molecule has 3 heterocycles. The molecule has 120 valence electrons. The molecule has 6 nitrogen and oxygen atoms in total. The van der Waals surface area contributed by atoms with Crippen LogP contribution in [0.2, 0.25) is 0 Å². The summed E-state index contributed by atoms with van der Waals surface area (Å²) in [6.45, 7) is 7.63. The number of aryl methyl sites for hydroxylation is 1. The quantitative estimate of drug-likeness (QED) is 0.892. The van der Waals surface area contributed by atoms with Gasteiger partial charge in [-0.05, 0) is 6.92 Å². The molecular formula is C15H23N5OS. The molecule has 0 aromatic carbocycles. The van der Waals surface area contributed by atoms with Crippen LogP contribution < -0.4 is 0 Å². The summed E-state index contributed by atoms with van der Waals surface area (Å²) < 4.78 is 1.80. The van der Waals surface area contributed by atoms with Crippen LogP contribution in [-0.2, 0) is 13.6 Å². The second kappa shape index (κ2) is 6.87. The first-order valence-corrected chi connectivity index (χ1v) is 8.54. The van der Waals surface area contributed by atoms with E-state index in [9.17, 15) is 5.11 Å². The maximum atomic E-state index is 9.45. The molecule has 1 fully saturated rings. The third-order valence-corrected chi connectivity index (χ3v) is 4.82. The molecule has 1 atom stereocenters. The minimum Gasteiger partial charge on any atom is -0.392 e. The molecule has 0 bridgehead atoms. The lowest BCUT2D eigenvalue weighted by atomic mass is 10.2. The predicted molar refractivity (Wildman–Crippen MR) is 87.7 cm³/mol. The van der Waals surface area contributed by atoms with E-state index in [2.05, 4.69) is 20.3 Å². The topological polar surface area (TPSA) is 57.4 Å². The van der Waals surface area contributed by atoms with Crippen molar-refractivity contribution in [2.75, 3.05) is 32.7 Å². The van der Waals surface area contributed by atoms with Gasteiger partial charge in [-0.1, -0.05) is 0 Å². The molecule has 1 aliphatic heterocycles. The second-order valence-electron chi connectivity index (χ2n) is 5.97. The average Bonchev–Trinajstić information content (AvgIpc) is 3.09. The van der Waals surface area contributed by atoms with Gasteiger partial charge in [0.15, 0.2) is 0 Å². The molecule has 2 aromatic heterocycles. The molecule has 2 aromatic rings. The van der Waals surface area contributed by atoms with Gasteiger partial charge in [-0.2, -0.15) is 5.10 Å². The monoisotopic (exact) mass is 321 g/mol. The van der Waals surface area contributed by atoms with Crippen molar-refractivity contribution in [2.45, 2.75) is 19.6 Å². The summed E-state index contributed by atoms with van der Waals surface area (Å²) in [5.74, 6) is 0. The van der Waals surface area contributed by atoms with Gasteiger partial charge in [0.05, 0.1) is 18.0 Å². The molecule has 0 unspecified atom stereocenters. The van der Waals surface area contributed by atoms with Gasteiger partial charge in [0.1, 0.15) is 5.01 Å². The van der Waals surface area contributed by atoms with Gasteiger partial charge in [0, 0.05) is 63.5 Å². The minimum absolute atomic E-state index is 0.243. The maximum absolute atomic E-state index is 9.45. The molecule has 0 radical (unpaired) electrons. The fourth-order valence-corrected chi connectivity index (χ4v) is 3.56. The van der Waals surface area contributed by atoms with Crippen LogP contribution in [-0.4, -0.2) is 68.5 Å². The Morgan fingerprint density at radius 3 is 2.64 bits per heavy atom. The standard InChI is InChI=1S/C15H23N5OS/c1-12(21)8-19-3-5-20(6-4-19)10-14-11-22-15(17-14)13-7-16-18(2)9-13/h7,9,11-12,21H,3-6,8,10H2,1-2H3/t12-/m0/s1. The summed E-state index contributed by atoms with van der Waals surface area (Å²) >= 11 is 1.68. The predicted octanol–water partition coefficient (Wildman–Crippen LogP) is 1.04. The molecule has 0 amide bonds. The van der Waals surface area contributed by atoms with Gasteiger partial charge in [0.2, 0.25) is 0 Å². The first-order valence-electron chi connectivity index (χ1n) is 7.66. The number of hydrogen-bond acceptors (Lipinski definition) is 6. The Kier molecular flexibility index (Phi) is 4.87. The number of thiazole rings is 1. The highest BCUT2D eigenvalue weighted by atomic mass is 32.1. The largest absolute Gasteiger partial charge is 0.392 e. The van der Waals surface area contributed by atoms with E-state index in [1.807, 2.05) is 26.4 Å². The number of rotatable bonds is 5. The molecule has 0 aliphatic carbocycles. The summed E-state index contributed by atoms with van der Waals surface area (Å²) in [6, 6.07) is 0. The number of piperazine rings is 1. The Morgan fingerprint density at radius 2 is 2.00 bits per heavy atom. The highest BCUT2D eigenvalue weighted by molar-refractivity contribution is 7.13. The van der Waals surface area contributed by atoms with Gasteiger partial charge >= 0.3 is 0 Å². The smallest absolute Gasteiger partial charge is 0.126 e. The zero-order chi connectivity index (χ0) is 15.5. The normalized spacial score (nSPS) is 18.7.